The number of Topliss-reactive ketones (excluding diaryl/α,β-unsaturated/α-hetero) is 1. The molecule has 0 spiro atoms. The molecule has 216 valence electrons. The van der Waals surface area contributed by atoms with Crippen LogP contribution < -0.4 is 0 Å². The van der Waals surface area contributed by atoms with Gasteiger partial charge in [0.25, 0.3) is 0 Å². The highest BCUT2D eigenvalue weighted by molar-refractivity contribution is 8.01. The number of carboxylic acids is 1. The van der Waals surface area contributed by atoms with Gasteiger partial charge in [0.05, 0.1) is 18.0 Å². The number of alkyl halides is 2. The number of hydrogen-bond acceptors (Lipinski definition) is 8. The summed E-state index contributed by atoms with van der Waals surface area (Å²) in [6.45, 7) is 6.25. The first-order valence-corrected chi connectivity index (χ1v) is 14.4. The third-order valence-corrected chi connectivity index (χ3v) is 11.4. The van der Waals surface area contributed by atoms with Crippen LogP contribution in [-0.4, -0.2) is 85.9 Å². The molecule has 3 unspecified atom stereocenters. The molecule has 0 bridgehead atoms. The van der Waals surface area contributed by atoms with Gasteiger partial charge in [-0.15, -0.1) is 11.8 Å². The van der Waals surface area contributed by atoms with Crippen LogP contribution >= 0.6 is 11.8 Å². The highest BCUT2D eigenvalue weighted by Crippen LogP contribution is 2.72. The summed E-state index contributed by atoms with van der Waals surface area (Å²) in [6, 6.07) is 0. The van der Waals surface area contributed by atoms with Crippen LogP contribution in [0.2, 0.25) is 0 Å². The average molecular weight is 571 g/mol. The van der Waals surface area contributed by atoms with Crippen molar-refractivity contribution in [1.29, 1.82) is 0 Å². The van der Waals surface area contributed by atoms with Crippen LogP contribution in [-0.2, 0) is 23.9 Å². The topological polar surface area (TPSA) is 130 Å². The SMILES string of the molecule is CC1(C)O[C@@H]2CC3C4C[C@H](F)C5=CC(=O)C=C[C@]5(C)[C@@]4(F)[C@@H](O)C[C@]3(C)[C@]2(C(=O)CSC(CCO)C(=O)O)O1. The maximum Gasteiger partial charge on any atom is 0.316 e. The summed E-state index contributed by atoms with van der Waals surface area (Å²) >= 11 is 0.879. The number of rotatable bonds is 7. The van der Waals surface area contributed by atoms with Crippen molar-refractivity contribution >= 4 is 29.3 Å². The number of carboxylic acid groups (broad SMARTS) is 1. The molecule has 1 heterocycles. The first kappa shape index (κ1) is 28.9. The van der Waals surface area contributed by atoms with Crippen LogP contribution in [0, 0.1) is 22.7 Å². The predicted molar refractivity (Wildman–Crippen MR) is 137 cm³/mol. The second-order valence-electron chi connectivity index (χ2n) is 12.5. The Morgan fingerprint density at radius 3 is 2.54 bits per heavy atom. The summed E-state index contributed by atoms with van der Waals surface area (Å²) < 4.78 is 45.7. The van der Waals surface area contributed by atoms with Gasteiger partial charge in [0.1, 0.15) is 11.4 Å². The Morgan fingerprint density at radius 1 is 1.21 bits per heavy atom. The van der Waals surface area contributed by atoms with Crippen LogP contribution in [0.25, 0.3) is 0 Å². The van der Waals surface area contributed by atoms with Crippen LogP contribution in [0.5, 0.6) is 0 Å². The molecule has 0 amide bonds. The lowest BCUT2D eigenvalue weighted by Crippen LogP contribution is -2.71. The number of fused-ring (bicyclic) bond motifs is 7. The Bertz CT molecular complexity index is 1160. The number of hydrogen-bond donors (Lipinski definition) is 3. The molecule has 0 radical (unpaired) electrons. The molecule has 39 heavy (non-hydrogen) atoms. The Labute approximate surface area is 230 Å². The maximum atomic E-state index is 17.4. The minimum Gasteiger partial charge on any atom is -0.480 e. The number of ketones is 2. The van der Waals surface area contributed by atoms with Gasteiger partial charge in [0.15, 0.2) is 28.6 Å². The lowest BCUT2D eigenvalue weighted by atomic mass is 9.44. The molecule has 0 aromatic heterocycles. The number of carbonyl (C=O) groups is 3. The number of aliphatic carboxylic acids is 1. The Balaban J connectivity index is 1.55. The summed E-state index contributed by atoms with van der Waals surface area (Å²) in [7, 11) is 0. The lowest BCUT2D eigenvalue weighted by Gasteiger charge is -2.63. The van der Waals surface area contributed by atoms with Gasteiger partial charge in [-0.1, -0.05) is 13.0 Å². The van der Waals surface area contributed by atoms with E-state index < -0.39 is 80.9 Å². The molecule has 11 heteroatoms. The third kappa shape index (κ3) is 3.79. The Morgan fingerprint density at radius 2 is 1.90 bits per heavy atom. The van der Waals surface area contributed by atoms with Gasteiger partial charge in [-0.05, 0) is 70.1 Å². The van der Waals surface area contributed by atoms with E-state index in [4.69, 9.17) is 9.47 Å². The smallest absolute Gasteiger partial charge is 0.316 e. The quantitative estimate of drug-likeness (QED) is 0.423. The van der Waals surface area contributed by atoms with Gasteiger partial charge < -0.3 is 24.8 Å². The highest BCUT2D eigenvalue weighted by Gasteiger charge is 2.80. The molecule has 5 aliphatic rings. The van der Waals surface area contributed by atoms with E-state index in [1.54, 1.807) is 20.8 Å². The van der Waals surface area contributed by atoms with Crippen molar-refractivity contribution in [1.82, 2.24) is 0 Å². The van der Waals surface area contributed by atoms with Gasteiger partial charge in [0.2, 0.25) is 0 Å². The molecule has 1 saturated heterocycles. The maximum absolute atomic E-state index is 17.4. The fraction of sp³-hybridized carbons (Fsp3) is 0.750. The molecular formula is C28H36F2O8S. The number of ether oxygens (including phenoxy) is 2. The Hall–Kier alpha value is -1.66. The van der Waals surface area contributed by atoms with E-state index in [1.807, 2.05) is 0 Å². The van der Waals surface area contributed by atoms with Crippen LogP contribution in [0.3, 0.4) is 0 Å². The van der Waals surface area contributed by atoms with Gasteiger partial charge >= 0.3 is 5.97 Å². The first-order chi connectivity index (χ1) is 18.1. The van der Waals surface area contributed by atoms with Crippen LogP contribution in [0.1, 0.15) is 53.4 Å². The van der Waals surface area contributed by atoms with Crippen molar-refractivity contribution in [3.05, 3.63) is 23.8 Å². The summed E-state index contributed by atoms with van der Waals surface area (Å²) in [4.78, 5) is 37.8. The first-order valence-electron chi connectivity index (χ1n) is 13.4. The van der Waals surface area contributed by atoms with Gasteiger partial charge in [-0.25, -0.2) is 8.78 Å². The van der Waals surface area contributed by atoms with Gasteiger partial charge in [-0.2, -0.15) is 0 Å². The largest absolute Gasteiger partial charge is 0.480 e. The summed E-state index contributed by atoms with van der Waals surface area (Å²) in [6.07, 6.45) is -0.580. The van der Waals surface area contributed by atoms with E-state index >= 15 is 8.78 Å². The van der Waals surface area contributed by atoms with E-state index in [1.165, 1.54) is 19.1 Å². The molecule has 3 saturated carbocycles. The van der Waals surface area contributed by atoms with Gasteiger partial charge in [0, 0.05) is 23.4 Å². The van der Waals surface area contributed by atoms with Crippen LogP contribution in [0.15, 0.2) is 23.8 Å². The minimum absolute atomic E-state index is 0.0222. The summed E-state index contributed by atoms with van der Waals surface area (Å²) in [5.74, 6) is -5.04. The van der Waals surface area contributed by atoms with E-state index in [-0.39, 0.29) is 43.6 Å². The minimum atomic E-state index is -2.30. The zero-order valence-corrected chi connectivity index (χ0v) is 23.3. The zero-order chi connectivity index (χ0) is 28.8. The monoisotopic (exact) mass is 570 g/mol. The van der Waals surface area contributed by atoms with Crippen molar-refractivity contribution in [2.75, 3.05) is 12.4 Å². The van der Waals surface area contributed by atoms with E-state index in [2.05, 4.69) is 0 Å². The fourth-order valence-corrected chi connectivity index (χ4v) is 9.46. The van der Waals surface area contributed by atoms with Crippen molar-refractivity contribution in [3.8, 4) is 0 Å². The third-order valence-electron chi connectivity index (χ3n) is 10.1. The molecule has 1 aliphatic heterocycles. The van der Waals surface area contributed by atoms with Crippen molar-refractivity contribution in [2.45, 2.75) is 94.1 Å². The Kier molecular flexibility index (Phi) is 6.79. The summed E-state index contributed by atoms with van der Waals surface area (Å²) in [5.41, 5.74) is -6.58. The molecule has 3 N–H and O–H groups in total. The number of thioether (sulfide) groups is 1. The molecule has 0 aromatic rings. The van der Waals surface area contributed by atoms with Crippen molar-refractivity contribution < 1.29 is 48.0 Å². The second-order valence-corrected chi connectivity index (χ2v) is 13.7. The average Bonchev–Trinajstić information content (AvgIpc) is 3.25. The molecule has 0 aromatic carbocycles. The highest BCUT2D eigenvalue weighted by atomic mass is 32.2. The molecule has 4 aliphatic carbocycles. The number of halogens is 2. The number of carbonyl (C=O) groups excluding carboxylic acids is 2. The van der Waals surface area contributed by atoms with Crippen LogP contribution in [0.4, 0.5) is 8.78 Å². The normalized spacial score (nSPS) is 46.5. The standard InChI is InChI=1S/C28H36F2O8S/c1-24(2)37-22-11-15-16-10-18(29)17-9-14(32)5-7-25(17,3)27(16,30)20(33)12-26(15,4)28(22,38-24)21(34)13-39-19(6-8-31)23(35)36/h5,7,9,15-16,18-20,22,31,33H,6,8,10-13H2,1-4H3,(H,35,36)/t15?,16?,18-,19?,20-,22+,25-,26-,27-,28+/m0/s1. The van der Waals surface area contributed by atoms with E-state index in [0.29, 0.717) is 0 Å². The molecule has 4 fully saturated rings. The lowest BCUT2D eigenvalue weighted by molar-refractivity contribution is -0.247. The number of allylic oxidation sites excluding steroid dienone is 4. The molecular weight excluding hydrogens is 534 g/mol. The molecule has 5 rings (SSSR count). The fourth-order valence-electron chi connectivity index (χ4n) is 8.48. The number of aliphatic hydroxyl groups is 2. The van der Waals surface area contributed by atoms with E-state index in [0.717, 1.165) is 17.8 Å². The predicted octanol–water partition coefficient (Wildman–Crippen LogP) is 2.94. The van der Waals surface area contributed by atoms with Gasteiger partial charge in [-0.3, -0.25) is 14.4 Å². The molecule has 10 atom stereocenters. The molecule has 8 nitrogen and oxygen atoms in total. The second kappa shape index (κ2) is 9.17. The van der Waals surface area contributed by atoms with E-state index in [9.17, 15) is 29.7 Å². The summed E-state index contributed by atoms with van der Waals surface area (Å²) in [5, 5.41) is 29.3. The van der Waals surface area contributed by atoms with Crippen molar-refractivity contribution in [3.63, 3.8) is 0 Å². The van der Waals surface area contributed by atoms with Crippen molar-refractivity contribution in [2.24, 2.45) is 22.7 Å². The zero-order valence-electron chi connectivity index (χ0n) is 22.5. The number of aliphatic hydroxyl groups excluding tert-OH is 2.